The Morgan fingerprint density at radius 1 is 0.284 bits per heavy atom. The Balaban J connectivity index is 5.39. The summed E-state index contributed by atoms with van der Waals surface area (Å²) in [7, 11) is -9.97. The van der Waals surface area contributed by atoms with E-state index in [-0.39, 0.29) is 25.7 Å². The molecule has 0 fully saturated rings. The van der Waals surface area contributed by atoms with Crippen molar-refractivity contribution in [2.24, 2.45) is 0 Å². The van der Waals surface area contributed by atoms with Crippen molar-refractivity contribution in [2.45, 2.75) is 354 Å². The highest BCUT2D eigenvalue weighted by molar-refractivity contribution is 7.47. The van der Waals surface area contributed by atoms with Gasteiger partial charge in [0.05, 0.1) is 26.4 Å². The van der Waals surface area contributed by atoms with Crippen LogP contribution >= 0.6 is 15.6 Å². The van der Waals surface area contributed by atoms with E-state index >= 15 is 0 Å². The second kappa shape index (κ2) is 75.0. The van der Waals surface area contributed by atoms with Gasteiger partial charge in [0.15, 0.2) is 12.2 Å². The van der Waals surface area contributed by atoms with Crippen molar-refractivity contribution in [3.63, 3.8) is 0 Å². The molecule has 2 unspecified atom stereocenters. The summed E-state index contributed by atoms with van der Waals surface area (Å²) in [5.41, 5.74) is 0. The summed E-state index contributed by atoms with van der Waals surface area (Å²) in [6.45, 7) is 4.67. The van der Waals surface area contributed by atoms with E-state index in [0.717, 1.165) is 167 Å². The fourth-order valence-corrected chi connectivity index (χ4v) is 12.2. The van der Waals surface area contributed by atoms with Gasteiger partial charge in [-0.15, -0.1) is 0 Å². The lowest BCUT2D eigenvalue weighted by Gasteiger charge is -2.21. The van der Waals surface area contributed by atoms with Crippen LogP contribution in [0.5, 0.6) is 0 Å². The molecule has 0 aromatic heterocycles. The number of hydrogen-bond acceptors (Lipinski definition) is 15. The molecule has 0 saturated carbocycles. The van der Waals surface area contributed by atoms with Crippen molar-refractivity contribution < 1.29 is 80.2 Å². The minimum absolute atomic E-state index is 0.0702. The van der Waals surface area contributed by atoms with Gasteiger partial charge in [-0.1, -0.05) is 285 Å². The van der Waals surface area contributed by atoms with E-state index in [0.29, 0.717) is 25.7 Å². The quantitative estimate of drug-likeness (QED) is 0.0169. The molecule has 0 amide bonds. The largest absolute Gasteiger partial charge is 0.472 e. The van der Waals surface area contributed by atoms with E-state index in [4.69, 9.17) is 37.0 Å². The third kappa shape index (κ3) is 74.0. The van der Waals surface area contributed by atoms with Crippen molar-refractivity contribution in [1.82, 2.24) is 0 Å². The number of phosphoric acid groups is 2. The Morgan fingerprint density at radius 3 is 0.814 bits per heavy atom. The maximum Gasteiger partial charge on any atom is 0.472 e. The smallest absolute Gasteiger partial charge is 0.462 e. The SMILES string of the molecule is CC/C=C\C/C=C\C/C=C\C/C=C\C/C=C\CCCCCC(=O)OC[C@H](COP(=O)(O)OC[C@@H](O)COP(=O)(O)OC[C@@H](COC(=O)CCCCCCC/C=C\C/C=C\CCCCC)OC(=O)CCCCCCCCCCCCCCC)OC(=O)CCCCCCC/C=C\C/C=C\CCCCC. The first-order valence-electron chi connectivity index (χ1n) is 40.1. The summed E-state index contributed by atoms with van der Waals surface area (Å²) in [4.78, 5) is 73.0. The molecule has 0 aliphatic carbocycles. The van der Waals surface area contributed by atoms with Crippen LogP contribution in [0, 0.1) is 0 Å². The van der Waals surface area contributed by atoms with Crippen LogP contribution in [0.25, 0.3) is 0 Å². The number of esters is 4. The van der Waals surface area contributed by atoms with Crippen molar-refractivity contribution in [3.8, 4) is 0 Å². The van der Waals surface area contributed by atoms with Crippen LogP contribution in [0.1, 0.15) is 336 Å². The number of hydrogen-bond donors (Lipinski definition) is 3. The van der Waals surface area contributed by atoms with Crippen molar-refractivity contribution >= 4 is 39.5 Å². The van der Waals surface area contributed by atoms with Gasteiger partial charge in [-0.25, -0.2) is 9.13 Å². The number of carbonyl (C=O) groups is 4. The number of aliphatic hydroxyl groups is 1. The number of aliphatic hydroxyl groups excluding tert-OH is 1. The monoisotopic (exact) mass is 1470 g/mol. The van der Waals surface area contributed by atoms with Crippen molar-refractivity contribution in [1.29, 1.82) is 0 Å². The van der Waals surface area contributed by atoms with Crippen LogP contribution in [0.15, 0.2) is 109 Å². The Morgan fingerprint density at radius 2 is 0.510 bits per heavy atom. The van der Waals surface area contributed by atoms with Gasteiger partial charge in [-0.2, -0.15) is 0 Å². The summed E-state index contributed by atoms with van der Waals surface area (Å²) < 4.78 is 68.6. The van der Waals surface area contributed by atoms with E-state index in [1.54, 1.807) is 0 Å². The molecular weight excluding hydrogens is 1330 g/mol. The van der Waals surface area contributed by atoms with E-state index in [1.807, 2.05) is 0 Å². The first kappa shape index (κ1) is 97.7. The van der Waals surface area contributed by atoms with Gasteiger partial charge in [0.25, 0.3) is 0 Å². The zero-order valence-corrected chi connectivity index (χ0v) is 66.0. The summed E-state index contributed by atoms with van der Waals surface area (Å²) in [6.07, 6.45) is 80.6. The highest BCUT2D eigenvalue weighted by atomic mass is 31.2. The predicted octanol–water partition coefficient (Wildman–Crippen LogP) is 23.3. The van der Waals surface area contributed by atoms with Gasteiger partial charge in [-0.05, 0) is 135 Å². The molecule has 0 bridgehead atoms. The molecule has 0 radical (unpaired) electrons. The standard InChI is InChI=1S/C83H144O17P2/c1-5-9-13-17-21-25-29-33-36-37-38-39-42-45-48-52-56-60-64-68-81(86)94-74-79(100-83(88)70-66-62-58-54-50-46-41-35-31-27-23-19-15-11-7-3)76-98-102(91,92)96-72-77(84)71-95-101(89,90)97-75-78(99-82(87)69-65-61-57-53-49-43-32-28-24-20-16-12-8-4)73-93-80(85)67-63-59-55-51-47-44-40-34-30-26-22-18-14-10-6-2/h9,13,21-23,25-27,33-36,38-41,45,48,77-79,84H,5-8,10-12,14-20,24,28-32,37,42-44,46-47,49-76H2,1-4H3,(H,89,90)(H,91,92)/b13-9-,25-21-,26-22-,27-23-,36-33-,39-38-,40-34-,41-35-,48-45-/t77-,78+,79+/m0/s1. The Bertz CT molecular complexity index is 2360. The Labute approximate surface area is 619 Å². The number of allylic oxidation sites excluding steroid dienone is 18. The van der Waals surface area contributed by atoms with E-state index in [2.05, 4.69) is 137 Å². The summed E-state index contributed by atoms with van der Waals surface area (Å²) in [5, 5.41) is 10.6. The Hall–Kier alpha value is -4.28. The molecule has 0 spiro atoms. The highest BCUT2D eigenvalue weighted by Crippen LogP contribution is 2.45. The molecule has 0 heterocycles. The van der Waals surface area contributed by atoms with Crippen molar-refractivity contribution in [3.05, 3.63) is 109 Å². The molecule has 0 aromatic carbocycles. The average Bonchev–Trinajstić information content (AvgIpc) is 0.924. The van der Waals surface area contributed by atoms with Crippen LogP contribution in [-0.2, 0) is 65.4 Å². The second-order valence-electron chi connectivity index (χ2n) is 26.6. The average molecular weight is 1480 g/mol. The van der Waals surface area contributed by atoms with Crippen LogP contribution in [-0.4, -0.2) is 96.7 Å². The van der Waals surface area contributed by atoms with E-state index < -0.39 is 97.5 Å². The second-order valence-corrected chi connectivity index (χ2v) is 29.5. The van der Waals surface area contributed by atoms with Crippen LogP contribution in [0.2, 0.25) is 0 Å². The van der Waals surface area contributed by atoms with Crippen molar-refractivity contribution in [2.75, 3.05) is 39.6 Å². The molecule has 102 heavy (non-hydrogen) atoms. The zero-order chi connectivity index (χ0) is 74.6. The predicted molar refractivity (Wildman–Crippen MR) is 418 cm³/mol. The first-order chi connectivity index (χ1) is 49.7. The lowest BCUT2D eigenvalue weighted by molar-refractivity contribution is -0.161. The third-order valence-corrected chi connectivity index (χ3v) is 18.6. The molecule has 0 aliphatic heterocycles. The molecule has 0 aliphatic rings. The summed E-state index contributed by atoms with van der Waals surface area (Å²) in [6, 6.07) is 0. The molecule has 588 valence electrons. The number of phosphoric ester groups is 2. The van der Waals surface area contributed by atoms with E-state index in [1.165, 1.54) is 89.9 Å². The lowest BCUT2D eigenvalue weighted by atomic mass is 10.0. The molecule has 5 atom stereocenters. The number of rotatable bonds is 75. The van der Waals surface area contributed by atoms with Gasteiger partial charge in [0.2, 0.25) is 0 Å². The summed E-state index contributed by atoms with van der Waals surface area (Å²) >= 11 is 0. The van der Waals surface area contributed by atoms with Gasteiger partial charge in [0, 0.05) is 25.7 Å². The summed E-state index contributed by atoms with van der Waals surface area (Å²) in [5.74, 6) is -2.23. The van der Waals surface area contributed by atoms with Gasteiger partial charge in [0.1, 0.15) is 19.3 Å². The van der Waals surface area contributed by atoms with Gasteiger partial charge in [-0.3, -0.25) is 37.3 Å². The number of ether oxygens (including phenoxy) is 4. The molecule has 0 aromatic rings. The molecular formula is C83H144O17P2. The normalized spacial score (nSPS) is 14.5. The maximum atomic E-state index is 13.1. The zero-order valence-electron chi connectivity index (χ0n) is 64.3. The first-order valence-corrected chi connectivity index (χ1v) is 43.1. The molecule has 19 heteroatoms. The van der Waals surface area contributed by atoms with Crippen LogP contribution < -0.4 is 0 Å². The van der Waals surface area contributed by atoms with Crippen LogP contribution in [0.4, 0.5) is 0 Å². The minimum atomic E-state index is -4.99. The Kier molecular flexibility index (Phi) is 71.8. The van der Waals surface area contributed by atoms with Gasteiger partial charge >= 0.3 is 39.5 Å². The van der Waals surface area contributed by atoms with E-state index in [9.17, 15) is 43.2 Å². The number of carbonyl (C=O) groups excluding carboxylic acids is 4. The third-order valence-electron chi connectivity index (χ3n) is 16.7. The molecule has 0 rings (SSSR count). The molecule has 0 saturated heterocycles. The topological polar surface area (TPSA) is 237 Å². The lowest BCUT2D eigenvalue weighted by Crippen LogP contribution is -2.30. The maximum absolute atomic E-state index is 13.1. The molecule has 17 nitrogen and oxygen atoms in total. The molecule has 3 N–H and O–H groups in total. The highest BCUT2D eigenvalue weighted by Gasteiger charge is 2.30. The fourth-order valence-electron chi connectivity index (χ4n) is 10.6. The minimum Gasteiger partial charge on any atom is -0.462 e. The fraction of sp³-hybridized carbons (Fsp3) is 0.735. The van der Waals surface area contributed by atoms with Crippen LogP contribution in [0.3, 0.4) is 0 Å². The van der Waals surface area contributed by atoms with Gasteiger partial charge < -0.3 is 33.8 Å². The number of unbranched alkanes of at least 4 members (excludes halogenated alkanes) is 31.